The molecular weight excluding hydrogens is 435 g/mol. The zero-order valence-electron chi connectivity index (χ0n) is 16.1. The minimum Gasteiger partial charge on any atom is -0.345 e. The van der Waals surface area contributed by atoms with Gasteiger partial charge in [-0.1, -0.05) is 76.4 Å². The summed E-state index contributed by atoms with van der Waals surface area (Å²) in [6.07, 6.45) is 7.84. The molecule has 0 saturated heterocycles. The van der Waals surface area contributed by atoms with Crippen LogP contribution in [-0.4, -0.2) is 15.8 Å². The van der Waals surface area contributed by atoms with E-state index in [4.69, 9.17) is 0 Å². The number of hydrogen-bond donors (Lipinski definition) is 0. The van der Waals surface area contributed by atoms with Crippen molar-refractivity contribution in [2.45, 2.75) is 0 Å². The highest BCUT2D eigenvalue weighted by Gasteiger charge is 2.33. The van der Waals surface area contributed by atoms with Crippen LogP contribution in [0.4, 0.5) is 11.6 Å². The molecule has 0 aliphatic carbocycles. The first-order chi connectivity index (χ1) is 14.8. The smallest absolute Gasteiger partial charge is 0.345 e. The lowest BCUT2D eigenvalue weighted by molar-refractivity contribution is 1.23. The van der Waals surface area contributed by atoms with Gasteiger partial charge in [-0.05, 0) is 35.4 Å². The summed E-state index contributed by atoms with van der Waals surface area (Å²) >= 11 is 3.78. The third kappa shape index (κ3) is 3.62. The fraction of sp³-hybridized carbons (Fsp3) is 0. The molecule has 0 atom stereocenters. The number of aromatic nitrogens is 2. The van der Waals surface area contributed by atoms with Gasteiger partial charge in [0.05, 0.1) is 0 Å². The average Bonchev–Trinajstić information content (AvgIpc) is 3.22. The Kier molecular flexibility index (Phi) is 5.07. The third-order valence-electron chi connectivity index (χ3n) is 5.09. The van der Waals surface area contributed by atoms with Crippen molar-refractivity contribution in [3.8, 4) is 22.3 Å². The van der Waals surface area contributed by atoms with E-state index < -0.39 is 0 Å². The molecule has 0 N–H and O–H groups in total. The van der Waals surface area contributed by atoms with Gasteiger partial charge in [-0.15, -0.1) is 0 Å². The van der Waals surface area contributed by atoms with Gasteiger partial charge in [-0.3, -0.25) is 0 Å². The number of pyridine rings is 2. The molecule has 0 amide bonds. The zero-order valence-corrected chi connectivity index (χ0v) is 17.7. The highest BCUT2D eigenvalue weighted by molar-refractivity contribution is 9.24. The molecule has 0 bridgehead atoms. The standard InChI is InChI=1S/C24H18BBrN4/c26-25-29(23-13-11-21(17-27-23)19-7-3-1-4-8-19)15-16-30(25)24-14-12-22(18-28-24)20-9-5-2-6-10-20/h1-18H. The summed E-state index contributed by atoms with van der Waals surface area (Å²) in [6, 6.07) is 28.8. The molecule has 2 aromatic carbocycles. The van der Waals surface area contributed by atoms with E-state index in [1.165, 1.54) is 0 Å². The van der Waals surface area contributed by atoms with Crippen molar-refractivity contribution in [2.75, 3.05) is 9.62 Å². The summed E-state index contributed by atoms with van der Waals surface area (Å²) in [4.78, 5) is 13.5. The molecule has 144 valence electrons. The number of rotatable bonds is 4. The maximum atomic E-state index is 4.67. The first kappa shape index (κ1) is 18.6. The van der Waals surface area contributed by atoms with E-state index in [-0.39, 0.29) is 5.81 Å². The van der Waals surface area contributed by atoms with E-state index in [1.807, 2.05) is 73.3 Å². The lowest BCUT2D eigenvalue weighted by Gasteiger charge is -2.23. The molecule has 4 aromatic rings. The van der Waals surface area contributed by atoms with E-state index in [0.717, 1.165) is 33.9 Å². The molecular formula is C24H18BBrN4. The van der Waals surface area contributed by atoms with Crippen molar-refractivity contribution in [2.24, 2.45) is 0 Å². The molecule has 4 nitrogen and oxygen atoms in total. The molecule has 6 heteroatoms. The van der Waals surface area contributed by atoms with Crippen LogP contribution in [0.25, 0.3) is 22.3 Å². The third-order valence-corrected chi connectivity index (χ3v) is 5.97. The van der Waals surface area contributed by atoms with E-state index in [1.54, 1.807) is 0 Å². The predicted octanol–water partition coefficient (Wildman–Crippen LogP) is 5.99. The van der Waals surface area contributed by atoms with Crippen LogP contribution >= 0.6 is 15.8 Å². The lowest BCUT2D eigenvalue weighted by Crippen LogP contribution is -2.39. The first-order valence-electron chi connectivity index (χ1n) is 9.72. The molecule has 1 aliphatic heterocycles. The van der Waals surface area contributed by atoms with Gasteiger partial charge in [0, 0.05) is 35.9 Å². The Bertz CT molecular complexity index is 1060. The Labute approximate surface area is 184 Å². The van der Waals surface area contributed by atoms with Crippen LogP contribution in [0, 0.1) is 0 Å². The Morgan fingerprint density at radius 3 is 1.33 bits per heavy atom. The second-order valence-electron chi connectivity index (χ2n) is 6.97. The molecule has 0 radical (unpaired) electrons. The van der Waals surface area contributed by atoms with Gasteiger partial charge in [0.25, 0.3) is 0 Å². The molecule has 30 heavy (non-hydrogen) atoms. The van der Waals surface area contributed by atoms with E-state index >= 15 is 0 Å². The van der Waals surface area contributed by atoms with Crippen LogP contribution in [0.3, 0.4) is 0 Å². The summed E-state index contributed by atoms with van der Waals surface area (Å²) in [7, 11) is 0. The van der Waals surface area contributed by atoms with Gasteiger partial charge < -0.3 is 9.62 Å². The minimum absolute atomic E-state index is 0.0948. The van der Waals surface area contributed by atoms with Crippen LogP contribution < -0.4 is 9.62 Å². The van der Waals surface area contributed by atoms with Crippen molar-refractivity contribution in [1.29, 1.82) is 0 Å². The van der Waals surface area contributed by atoms with Crippen molar-refractivity contribution >= 4 is 33.2 Å². The number of hydrogen-bond acceptors (Lipinski definition) is 4. The molecule has 3 heterocycles. The molecule has 1 aliphatic rings. The molecule has 5 rings (SSSR count). The Hall–Kier alpha value is -3.38. The summed E-state index contributed by atoms with van der Waals surface area (Å²) in [5.74, 6) is 1.65. The number of nitrogens with zero attached hydrogens (tertiary/aromatic N) is 4. The van der Waals surface area contributed by atoms with Crippen LogP contribution in [0.1, 0.15) is 0 Å². The van der Waals surface area contributed by atoms with Crippen molar-refractivity contribution in [3.63, 3.8) is 0 Å². The highest BCUT2D eigenvalue weighted by atomic mass is 79.9. The second kappa shape index (κ2) is 8.16. The summed E-state index contributed by atoms with van der Waals surface area (Å²) in [5, 5.41) is 0. The average molecular weight is 453 g/mol. The number of anilines is 2. The Morgan fingerprint density at radius 1 is 0.533 bits per heavy atom. The quantitative estimate of drug-likeness (QED) is 0.356. The van der Waals surface area contributed by atoms with Crippen LogP contribution in [0.15, 0.2) is 110 Å². The fourth-order valence-corrected chi connectivity index (χ4v) is 4.16. The van der Waals surface area contributed by atoms with E-state index in [9.17, 15) is 0 Å². The maximum Gasteiger partial charge on any atom is 0.466 e. The summed E-state index contributed by atoms with van der Waals surface area (Å²) in [5.41, 5.74) is 4.52. The summed E-state index contributed by atoms with van der Waals surface area (Å²) < 4.78 is 0. The number of benzene rings is 2. The molecule has 0 fully saturated rings. The topological polar surface area (TPSA) is 32.3 Å². The molecule has 0 spiro atoms. The van der Waals surface area contributed by atoms with Crippen LogP contribution in [0.2, 0.25) is 0 Å². The van der Waals surface area contributed by atoms with Crippen molar-refractivity contribution in [3.05, 3.63) is 110 Å². The first-order valence-corrected chi connectivity index (χ1v) is 10.6. The highest BCUT2D eigenvalue weighted by Crippen LogP contribution is 2.29. The van der Waals surface area contributed by atoms with Gasteiger partial charge in [0.1, 0.15) is 11.6 Å². The monoisotopic (exact) mass is 452 g/mol. The Balaban J connectivity index is 1.33. The normalized spacial score (nSPS) is 13.2. The van der Waals surface area contributed by atoms with Crippen molar-refractivity contribution in [1.82, 2.24) is 9.97 Å². The van der Waals surface area contributed by atoms with Crippen LogP contribution in [-0.2, 0) is 0 Å². The summed E-state index contributed by atoms with van der Waals surface area (Å²) in [6.45, 7) is 0. The van der Waals surface area contributed by atoms with Crippen LogP contribution in [0.5, 0.6) is 0 Å². The fourth-order valence-electron chi connectivity index (χ4n) is 3.47. The second-order valence-corrected chi connectivity index (χ2v) is 7.78. The zero-order chi connectivity index (χ0) is 20.3. The van der Waals surface area contributed by atoms with Crippen molar-refractivity contribution < 1.29 is 0 Å². The molecule has 0 unspecified atom stereocenters. The van der Waals surface area contributed by atoms with Gasteiger partial charge >= 0.3 is 5.81 Å². The maximum absolute atomic E-state index is 4.67. The SMILES string of the molecule is BrB1N(c2ccc(-c3ccccc3)cn2)C=CN1c1ccc(-c2ccccc2)cn1. The van der Waals surface area contributed by atoms with E-state index in [2.05, 4.69) is 71.7 Å². The lowest BCUT2D eigenvalue weighted by atomic mass is 10.0. The van der Waals surface area contributed by atoms with Gasteiger partial charge in [0.2, 0.25) is 0 Å². The van der Waals surface area contributed by atoms with Gasteiger partial charge in [-0.2, -0.15) is 0 Å². The molecule has 0 saturated carbocycles. The van der Waals surface area contributed by atoms with Gasteiger partial charge in [-0.25, -0.2) is 9.97 Å². The number of halogens is 1. The molecule has 2 aromatic heterocycles. The Morgan fingerprint density at radius 2 is 0.967 bits per heavy atom. The largest absolute Gasteiger partial charge is 0.466 e. The minimum atomic E-state index is -0.0948. The van der Waals surface area contributed by atoms with E-state index in [0.29, 0.717) is 0 Å². The van der Waals surface area contributed by atoms with Gasteiger partial charge in [0.15, 0.2) is 0 Å². The predicted molar refractivity (Wildman–Crippen MR) is 128 cm³/mol.